The van der Waals surface area contributed by atoms with Crippen molar-refractivity contribution >= 4 is 44.6 Å². The van der Waals surface area contributed by atoms with Crippen LogP contribution >= 0.6 is 22.9 Å². The summed E-state index contributed by atoms with van der Waals surface area (Å²) >= 11 is 7.58. The first-order valence-electron chi connectivity index (χ1n) is 7.78. The zero-order valence-electron chi connectivity index (χ0n) is 14.2. The molecule has 0 saturated carbocycles. The van der Waals surface area contributed by atoms with E-state index in [-0.39, 0.29) is 27.9 Å². The molecule has 2 aromatic rings. The van der Waals surface area contributed by atoms with Crippen molar-refractivity contribution in [1.29, 1.82) is 0 Å². The van der Waals surface area contributed by atoms with E-state index in [0.29, 0.717) is 18.8 Å². The van der Waals surface area contributed by atoms with Crippen LogP contribution in [0.2, 0.25) is 5.02 Å². The van der Waals surface area contributed by atoms with Gasteiger partial charge in [0.1, 0.15) is 0 Å². The number of nitrogens with zero attached hydrogens (tertiary/aromatic N) is 2. The second kappa shape index (κ2) is 8.27. The molecular weight excluding hydrogens is 382 g/mol. The van der Waals surface area contributed by atoms with Crippen molar-refractivity contribution in [2.45, 2.75) is 32.1 Å². The molecule has 6 nitrogen and oxygen atoms in total. The quantitative estimate of drug-likeness (QED) is 0.771. The van der Waals surface area contributed by atoms with E-state index in [0.717, 1.165) is 5.01 Å². The number of hydrogen-bond acceptors (Lipinski definition) is 5. The van der Waals surface area contributed by atoms with Crippen LogP contribution in [0.5, 0.6) is 0 Å². The van der Waals surface area contributed by atoms with Gasteiger partial charge in [0.05, 0.1) is 32.7 Å². The summed E-state index contributed by atoms with van der Waals surface area (Å²) in [4.78, 5) is 16.5. The molecule has 0 aliphatic carbocycles. The Morgan fingerprint density at radius 2 is 2.00 bits per heavy atom. The van der Waals surface area contributed by atoms with E-state index in [2.05, 4.69) is 10.3 Å². The highest BCUT2D eigenvalue weighted by atomic mass is 35.5. The van der Waals surface area contributed by atoms with Gasteiger partial charge < -0.3 is 5.32 Å². The summed E-state index contributed by atoms with van der Waals surface area (Å²) < 4.78 is 26.5. The van der Waals surface area contributed by atoms with Crippen LogP contribution in [-0.2, 0) is 21.2 Å². The van der Waals surface area contributed by atoms with E-state index >= 15 is 0 Å². The molecule has 0 bridgehead atoms. The summed E-state index contributed by atoms with van der Waals surface area (Å²) in [6, 6.07) is 4.30. The van der Waals surface area contributed by atoms with Crippen LogP contribution in [-0.4, -0.2) is 36.7 Å². The first-order chi connectivity index (χ1) is 11.8. The minimum atomic E-state index is -3.62. The van der Waals surface area contributed by atoms with Gasteiger partial charge in [-0.25, -0.2) is 13.4 Å². The Labute approximate surface area is 156 Å². The molecule has 136 valence electrons. The third-order valence-corrected chi connectivity index (χ3v) is 6.76. The van der Waals surface area contributed by atoms with Gasteiger partial charge in [-0.2, -0.15) is 4.31 Å². The minimum absolute atomic E-state index is 0.0976. The maximum absolute atomic E-state index is 12.6. The number of benzene rings is 1. The predicted octanol–water partition coefficient (Wildman–Crippen LogP) is 3.32. The fraction of sp³-hybridized carbons (Fsp3) is 0.375. The van der Waals surface area contributed by atoms with E-state index < -0.39 is 10.0 Å². The molecule has 0 aliphatic rings. The SMILES string of the molecule is CCN(CC)S(=O)(=O)c1ccc(Cl)c(NC(=O)Cc2csc(C)n2)c1. The number of nitrogens with one attached hydrogen (secondary N) is 1. The molecule has 0 saturated heterocycles. The minimum Gasteiger partial charge on any atom is -0.324 e. The second-order valence-corrected chi connectivity index (χ2v) is 8.72. The number of halogens is 1. The van der Waals surface area contributed by atoms with Crippen molar-refractivity contribution in [2.75, 3.05) is 18.4 Å². The Balaban J connectivity index is 2.22. The van der Waals surface area contributed by atoms with Crippen LogP contribution in [0.15, 0.2) is 28.5 Å². The number of hydrogen-bond donors (Lipinski definition) is 1. The molecule has 1 heterocycles. The summed E-state index contributed by atoms with van der Waals surface area (Å²) in [6.45, 7) is 6.15. The van der Waals surface area contributed by atoms with Crippen molar-refractivity contribution in [2.24, 2.45) is 0 Å². The standard InChI is InChI=1S/C16H20ClN3O3S2/c1-4-20(5-2)25(22,23)13-6-7-14(17)15(9-13)19-16(21)8-12-10-24-11(3)18-12/h6-7,9-10H,4-5,8H2,1-3H3,(H,19,21). The lowest BCUT2D eigenvalue weighted by Gasteiger charge is -2.19. The van der Waals surface area contributed by atoms with Crippen LogP contribution in [0.25, 0.3) is 0 Å². The van der Waals surface area contributed by atoms with Crippen LogP contribution in [0.1, 0.15) is 24.5 Å². The molecule has 0 unspecified atom stereocenters. The Bertz CT molecular complexity index is 861. The number of rotatable bonds is 7. The monoisotopic (exact) mass is 401 g/mol. The zero-order chi connectivity index (χ0) is 18.6. The lowest BCUT2D eigenvalue weighted by Crippen LogP contribution is -2.30. The van der Waals surface area contributed by atoms with Gasteiger partial charge in [-0.05, 0) is 25.1 Å². The number of thiazole rings is 1. The molecule has 0 aliphatic heterocycles. The van der Waals surface area contributed by atoms with E-state index in [4.69, 9.17) is 11.6 Å². The van der Waals surface area contributed by atoms with E-state index in [1.165, 1.54) is 33.8 Å². The summed E-state index contributed by atoms with van der Waals surface area (Å²) in [6.07, 6.45) is 0.105. The maximum Gasteiger partial charge on any atom is 0.243 e. The summed E-state index contributed by atoms with van der Waals surface area (Å²) in [5.41, 5.74) is 0.940. The molecular formula is C16H20ClN3O3S2. The van der Waals surface area contributed by atoms with Crippen LogP contribution in [0.3, 0.4) is 0 Å². The van der Waals surface area contributed by atoms with Gasteiger partial charge in [-0.1, -0.05) is 25.4 Å². The molecule has 25 heavy (non-hydrogen) atoms. The van der Waals surface area contributed by atoms with E-state index in [9.17, 15) is 13.2 Å². The van der Waals surface area contributed by atoms with Gasteiger partial charge >= 0.3 is 0 Å². The number of amides is 1. The number of aromatic nitrogens is 1. The first kappa shape index (κ1) is 19.8. The fourth-order valence-electron chi connectivity index (χ4n) is 2.32. The number of aryl methyl sites for hydroxylation is 1. The molecule has 0 fully saturated rings. The third-order valence-electron chi connectivity index (χ3n) is 3.56. The van der Waals surface area contributed by atoms with Crippen molar-refractivity contribution in [3.63, 3.8) is 0 Å². The number of carbonyl (C=O) groups excluding carboxylic acids is 1. The lowest BCUT2D eigenvalue weighted by atomic mass is 10.3. The van der Waals surface area contributed by atoms with Gasteiger partial charge in [0, 0.05) is 18.5 Å². The predicted molar refractivity (Wildman–Crippen MR) is 101 cm³/mol. The summed E-state index contributed by atoms with van der Waals surface area (Å²) in [7, 11) is -3.62. The molecule has 0 radical (unpaired) electrons. The van der Waals surface area contributed by atoms with Crippen LogP contribution in [0, 0.1) is 6.92 Å². The van der Waals surface area contributed by atoms with Crippen molar-refractivity contribution in [3.05, 3.63) is 39.3 Å². The van der Waals surface area contributed by atoms with Crippen LogP contribution in [0.4, 0.5) is 5.69 Å². The molecule has 0 atom stereocenters. The van der Waals surface area contributed by atoms with E-state index in [1.54, 1.807) is 13.8 Å². The van der Waals surface area contributed by atoms with Crippen molar-refractivity contribution < 1.29 is 13.2 Å². The molecule has 9 heteroatoms. The van der Waals surface area contributed by atoms with Gasteiger partial charge in [0.25, 0.3) is 0 Å². The topological polar surface area (TPSA) is 79.4 Å². The average Bonchev–Trinajstić information content (AvgIpc) is 2.95. The van der Waals surface area contributed by atoms with Gasteiger partial charge in [0.15, 0.2) is 0 Å². The highest BCUT2D eigenvalue weighted by Gasteiger charge is 2.22. The van der Waals surface area contributed by atoms with Gasteiger partial charge in [-0.15, -0.1) is 11.3 Å². The normalized spacial score (nSPS) is 11.7. The van der Waals surface area contributed by atoms with Gasteiger partial charge in [0.2, 0.25) is 15.9 Å². The second-order valence-electron chi connectivity index (χ2n) is 5.31. The Morgan fingerprint density at radius 1 is 1.32 bits per heavy atom. The van der Waals surface area contributed by atoms with Crippen LogP contribution < -0.4 is 5.32 Å². The number of carbonyl (C=O) groups is 1. The summed E-state index contributed by atoms with van der Waals surface area (Å²) in [5.74, 6) is -0.301. The molecule has 1 aromatic heterocycles. The molecule has 1 amide bonds. The number of sulfonamides is 1. The van der Waals surface area contributed by atoms with Crippen molar-refractivity contribution in [1.82, 2.24) is 9.29 Å². The van der Waals surface area contributed by atoms with Crippen molar-refractivity contribution in [3.8, 4) is 0 Å². The average molecular weight is 402 g/mol. The lowest BCUT2D eigenvalue weighted by molar-refractivity contribution is -0.115. The molecule has 1 N–H and O–H groups in total. The smallest absolute Gasteiger partial charge is 0.243 e. The fourth-order valence-corrected chi connectivity index (χ4v) is 4.58. The first-order valence-corrected chi connectivity index (χ1v) is 10.5. The maximum atomic E-state index is 12.6. The van der Waals surface area contributed by atoms with Gasteiger partial charge in [-0.3, -0.25) is 4.79 Å². The molecule has 2 rings (SSSR count). The number of anilines is 1. The highest BCUT2D eigenvalue weighted by molar-refractivity contribution is 7.89. The Kier molecular flexibility index (Phi) is 6.56. The molecule has 0 spiro atoms. The largest absolute Gasteiger partial charge is 0.324 e. The highest BCUT2D eigenvalue weighted by Crippen LogP contribution is 2.27. The Hall–Kier alpha value is -1.48. The van der Waals surface area contributed by atoms with E-state index in [1.807, 2.05) is 12.3 Å². The molecule has 1 aromatic carbocycles. The third kappa shape index (κ3) is 4.78. The summed E-state index contributed by atoms with van der Waals surface area (Å²) in [5, 5.41) is 5.64. The Morgan fingerprint density at radius 3 is 2.56 bits per heavy atom. The zero-order valence-corrected chi connectivity index (χ0v) is 16.6.